The molecule has 2 rings (SSSR count). The van der Waals surface area contributed by atoms with Gasteiger partial charge in [0.25, 0.3) is 0 Å². The van der Waals surface area contributed by atoms with E-state index in [9.17, 15) is 4.79 Å². The van der Waals surface area contributed by atoms with Gasteiger partial charge in [-0.1, -0.05) is 13.8 Å². The van der Waals surface area contributed by atoms with E-state index in [4.69, 9.17) is 4.74 Å². The van der Waals surface area contributed by atoms with E-state index in [0.717, 1.165) is 17.0 Å². The fourth-order valence-corrected chi connectivity index (χ4v) is 2.15. The van der Waals surface area contributed by atoms with Crippen molar-refractivity contribution < 1.29 is 9.53 Å². The summed E-state index contributed by atoms with van der Waals surface area (Å²) in [6.07, 6.45) is 3.52. The predicted molar refractivity (Wildman–Crippen MR) is 81.6 cm³/mol. The van der Waals surface area contributed by atoms with Crippen molar-refractivity contribution in [1.29, 1.82) is 0 Å². The van der Waals surface area contributed by atoms with Gasteiger partial charge >= 0.3 is 5.97 Å². The van der Waals surface area contributed by atoms with Crippen LogP contribution in [-0.2, 0) is 9.53 Å². The average Bonchev–Trinajstić information content (AvgIpc) is 2.89. The number of anilines is 1. The minimum atomic E-state index is -0.244. The van der Waals surface area contributed by atoms with Crippen molar-refractivity contribution in [3.05, 3.63) is 24.2 Å². The van der Waals surface area contributed by atoms with Crippen molar-refractivity contribution in [2.75, 3.05) is 24.6 Å². The highest BCUT2D eigenvalue weighted by molar-refractivity contribution is 5.79. The van der Waals surface area contributed by atoms with E-state index in [1.54, 1.807) is 13.1 Å². The predicted octanol–water partition coefficient (Wildman–Crippen LogP) is 2.24. The van der Waals surface area contributed by atoms with Gasteiger partial charge in [-0.3, -0.25) is 4.79 Å². The van der Waals surface area contributed by atoms with Gasteiger partial charge in [-0.25, -0.2) is 9.50 Å². The molecule has 0 unspecified atom stereocenters. The first kappa shape index (κ1) is 15.3. The minimum Gasteiger partial charge on any atom is -0.465 e. The second-order valence-corrected chi connectivity index (χ2v) is 5.12. The molecule has 21 heavy (non-hydrogen) atoms. The summed E-state index contributed by atoms with van der Waals surface area (Å²) in [6.45, 7) is 9.25. The Morgan fingerprint density at radius 3 is 2.81 bits per heavy atom. The Kier molecular flexibility index (Phi) is 4.77. The van der Waals surface area contributed by atoms with Crippen molar-refractivity contribution in [3.8, 4) is 0 Å². The number of carbonyl (C=O) groups is 1. The molecule has 114 valence electrons. The number of hydrogen-bond donors (Lipinski definition) is 0. The van der Waals surface area contributed by atoms with E-state index < -0.39 is 0 Å². The average molecular weight is 290 g/mol. The number of aromatic nitrogens is 3. The number of nitrogens with zero attached hydrogens (tertiary/aromatic N) is 4. The summed E-state index contributed by atoms with van der Waals surface area (Å²) in [7, 11) is 0. The zero-order valence-electron chi connectivity index (χ0n) is 13.0. The lowest BCUT2D eigenvalue weighted by Gasteiger charge is -2.21. The summed E-state index contributed by atoms with van der Waals surface area (Å²) in [5.74, 6) is 0.858. The number of fused-ring (bicyclic) bond motifs is 1. The molecule has 0 atom stereocenters. The molecule has 0 aliphatic carbocycles. The van der Waals surface area contributed by atoms with Gasteiger partial charge in [-0.05, 0) is 25.8 Å². The fraction of sp³-hybridized carbons (Fsp3) is 0.533. The molecule has 0 aromatic carbocycles. The number of ether oxygens (including phenoxy) is 1. The third-order valence-electron chi connectivity index (χ3n) is 3.29. The van der Waals surface area contributed by atoms with E-state index in [2.05, 4.69) is 23.9 Å². The monoisotopic (exact) mass is 290 g/mol. The smallest absolute Gasteiger partial charge is 0.325 e. The molecule has 0 saturated carbocycles. The highest BCUT2D eigenvalue weighted by atomic mass is 16.5. The second-order valence-electron chi connectivity index (χ2n) is 5.12. The molecule has 0 spiro atoms. The Morgan fingerprint density at radius 2 is 2.19 bits per heavy atom. The van der Waals surface area contributed by atoms with Crippen LogP contribution in [0.4, 0.5) is 5.82 Å². The Labute approximate surface area is 124 Å². The van der Waals surface area contributed by atoms with Crippen molar-refractivity contribution in [2.24, 2.45) is 0 Å². The first-order chi connectivity index (χ1) is 10.1. The maximum atomic E-state index is 11.7. The van der Waals surface area contributed by atoms with Crippen LogP contribution < -0.4 is 4.90 Å². The number of rotatable bonds is 6. The van der Waals surface area contributed by atoms with Gasteiger partial charge in [0, 0.05) is 18.9 Å². The zero-order valence-corrected chi connectivity index (χ0v) is 13.0. The molecular formula is C15H22N4O2. The molecule has 0 aliphatic heterocycles. The Morgan fingerprint density at radius 1 is 1.43 bits per heavy atom. The topological polar surface area (TPSA) is 59.7 Å². The van der Waals surface area contributed by atoms with Crippen LogP contribution in [0, 0.1) is 0 Å². The van der Waals surface area contributed by atoms with Crippen LogP contribution in [0.5, 0.6) is 0 Å². The molecule has 0 bridgehead atoms. The van der Waals surface area contributed by atoms with Crippen molar-refractivity contribution in [3.63, 3.8) is 0 Å². The first-order valence-electron chi connectivity index (χ1n) is 7.31. The largest absolute Gasteiger partial charge is 0.465 e. The quantitative estimate of drug-likeness (QED) is 0.764. The van der Waals surface area contributed by atoms with Crippen molar-refractivity contribution >= 4 is 17.3 Å². The summed E-state index contributed by atoms with van der Waals surface area (Å²) in [5.41, 5.74) is 1.92. The lowest BCUT2D eigenvalue weighted by Crippen LogP contribution is -2.31. The summed E-state index contributed by atoms with van der Waals surface area (Å²) in [4.78, 5) is 18.0. The summed E-state index contributed by atoms with van der Waals surface area (Å²) < 4.78 is 6.83. The molecule has 0 saturated heterocycles. The molecular weight excluding hydrogens is 268 g/mol. The zero-order chi connectivity index (χ0) is 15.4. The van der Waals surface area contributed by atoms with Crippen LogP contribution in [-0.4, -0.2) is 40.3 Å². The number of carbonyl (C=O) groups excluding carboxylic acids is 1. The fourth-order valence-electron chi connectivity index (χ4n) is 2.15. The molecule has 2 aromatic heterocycles. The molecule has 0 radical (unpaired) electrons. The molecule has 0 N–H and O–H groups in total. The SMILES string of the molecule is CCOC(=O)CN(CC)c1nccn2nc(C(C)C)cc12. The first-order valence-corrected chi connectivity index (χ1v) is 7.31. The highest BCUT2D eigenvalue weighted by Crippen LogP contribution is 2.22. The Bertz CT molecular complexity index is 621. The van der Waals surface area contributed by atoms with Crippen LogP contribution in [0.2, 0.25) is 0 Å². The summed E-state index contributed by atoms with van der Waals surface area (Å²) in [6, 6.07) is 2.03. The summed E-state index contributed by atoms with van der Waals surface area (Å²) >= 11 is 0. The van der Waals surface area contributed by atoms with E-state index in [0.29, 0.717) is 19.1 Å². The molecule has 0 aliphatic rings. The number of likely N-dealkylation sites (N-methyl/N-ethyl adjacent to an activating group) is 1. The van der Waals surface area contributed by atoms with Crippen LogP contribution in [0.1, 0.15) is 39.3 Å². The van der Waals surface area contributed by atoms with Crippen molar-refractivity contribution in [2.45, 2.75) is 33.6 Å². The van der Waals surface area contributed by atoms with Crippen LogP contribution in [0.15, 0.2) is 18.5 Å². The molecule has 6 heteroatoms. The minimum absolute atomic E-state index is 0.194. The van der Waals surface area contributed by atoms with Gasteiger partial charge < -0.3 is 9.64 Å². The van der Waals surface area contributed by atoms with E-state index in [1.165, 1.54) is 0 Å². The molecule has 2 aromatic rings. The highest BCUT2D eigenvalue weighted by Gasteiger charge is 2.17. The van der Waals surface area contributed by atoms with Crippen LogP contribution in [0.25, 0.3) is 5.52 Å². The van der Waals surface area contributed by atoms with Gasteiger partial charge in [0.2, 0.25) is 0 Å². The Balaban J connectivity index is 2.36. The molecule has 6 nitrogen and oxygen atoms in total. The Hall–Kier alpha value is -2.11. The van der Waals surface area contributed by atoms with Crippen LogP contribution >= 0.6 is 0 Å². The lowest BCUT2D eigenvalue weighted by atomic mass is 10.1. The number of esters is 1. The molecule has 2 heterocycles. The maximum Gasteiger partial charge on any atom is 0.325 e. The third-order valence-corrected chi connectivity index (χ3v) is 3.29. The van der Waals surface area contributed by atoms with E-state index in [-0.39, 0.29) is 12.5 Å². The van der Waals surface area contributed by atoms with Gasteiger partial charge in [0.05, 0.1) is 12.3 Å². The second kappa shape index (κ2) is 6.56. The van der Waals surface area contributed by atoms with Gasteiger partial charge in [-0.2, -0.15) is 5.10 Å². The van der Waals surface area contributed by atoms with E-state index >= 15 is 0 Å². The standard InChI is InChI=1S/C15H22N4O2/c1-5-18(10-14(20)21-6-2)15-13-9-12(11(3)4)17-19(13)8-7-16-15/h7-9,11H,5-6,10H2,1-4H3. The van der Waals surface area contributed by atoms with Gasteiger partial charge in [0.1, 0.15) is 12.1 Å². The third kappa shape index (κ3) is 3.32. The van der Waals surface area contributed by atoms with Crippen LogP contribution in [0.3, 0.4) is 0 Å². The van der Waals surface area contributed by atoms with Gasteiger partial charge in [0.15, 0.2) is 5.82 Å². The maximum absolute atomic E-state index is 11.7. The molecule has 0 amide bonds. The summed E-state index contributed by atoms with van der Waals surface area (Å²) in [5, 5.41) is 4.54. The number of hydrogen-bond acceptors (Lipinski definition) is 5. The van der Waals surface area contributed by atoms with E-state index in [1.807, 2.05) is 28.6 Å². The van der Waals surface area contributed by atoms with Gasteiger partial charge in [-0.15, -0.1) is 0 Å². The molecule has 0 fully saturated rings. The van der Waals surface area contributed by atoms with Crippen molar-refractivity contribution in [1.82, 2.24) is 14.6 Å². The lowest BCUT2D eigenvalue weighted by molar-refractivity contribution is -0.141. The normalized spacial score (nSPS) is 11.1.